The Kier molecular flexibility index (Phi) is 5.33. The summed E-state index contributed by atoms with van der Waals surface area (Å²) < 4.78 is 11.1. The fraction of sp³-hybridized carbons (Fsp3) is 0.611. The van der Waals surface area contributed by atoms with Crippen LogP contribution >= 0.6 is 0 Å². The van der Waals surface area contributed by atoms with Crippen LogP contribution in [-0.4, -0.2) is 35.6 Å². The molecular weight excluding hydrogens is 308 g/mol. The lowest BCUT2D eigenvalue weighted by Gasteiger charge is -2.36. The molecule has 1 unspecified atom stereocenters. The third-order valence-corrected chi connectivity index (χ3v) is 4.86. The van der Waals surface area contributed by atoms with Crippen LogP contribution in [0.3, 0.4) is 0 Å². The number of rotatable bonds is 6. The van der Waals surface area contributed by atoms with Gasteiger partial charge in [0.05, 0.1) is 25.1 Å². The topological polar surface area (TPSA) is 77.5 Å². The third-order valence-electron chi connectivity index (χ3n) is 4.86. The Morgan fingerprint density at radius 3 is 2.96 bits per heavy atom. The largest absolute Gasteiger partial charge is 0.492 e. The zero-order valence-corrected chi connectivity index (χ0v) is 13.8. The molecule has 1 aliphatic heterocycles. The van der Waals surface area contributed by atoms with Gasteiger partial charge in [-0.05, 0) is 44.2 Å². The summed E-state index contributed by atoms with van der Waals surface area (Å²) in [6.07, 6.45) is 9.08. The Bertz CT molecular complexity index is 570. The van der Waals surface area contributed by atoms with Gasteiger partial charge in [0.15, 0.2) is 0 Å². The molecular formula is C18H24N2O4. The molecule has 6 nitrogen and oxygen atoms in total. The van der Waals surface area contributed by atoms with Gasteiger partial charge in [0.1, 0.15) is 11.4 Å². The van der Waals surface area contributed by atoms with Crippen molar-refractivity contribution in [3.63, 3.8) is 0 Å². The minimum atomic E-state index is -0.550. The summed E-state index contributed by atoms with van der Waals surface area (Å²) in [5.41, 5.74) is -0.550. The van der Waals surface area contributed by atoms with Crippen LogP contribution < -0.4 is 10.1 Å². The quantitative estimate of drug-likeness (QED) is 0.638. The Morgan fingerprint density at radius 1 is 1.38 bits per heavy atom. The van der Waals surface area contributed by atoms with Gasteiger partial charge in [-0.3, -0.25) is 14.6 Å². The van der Waals surface area contributed by atoms with Gasteiger partial charge in [-0.1, -0.05) is 6.42 Å². The van der Waals surface area contributed by atoms with E-state index in [-0.39, 0.29) is 24.2 Å². The van der Waals surface area contributed by atoms with Crippen LogP contribution in [0.4, 0.5) is 0 Å². The van der Waals surface area contributed by atoms with Gasteiger partial charge in [-0.15, -0.1) is 0 Å². The lowest BCUT2D eigenvalue weighted by molar-refractivity contribution is -0.153. The monoisotopic (exact) mass is 332 g/mol. The van der Waals surface area contributed by atoms with Crippen molar-refractivity contribution in [1.29, 1.82) is 0 Å². The summed E-state index contributed by atoms with van der Waals surface area (Å²) >= 11 is 0. The molecule has 1 saturated heterocycles. The van der Waals surface area contributed by atoms with Crippen LogP contribution in [0.5, 0.6) is 5.75 Å². The van der Waals surface area contributed by atoms with E-state index in [1.807, 2.05) is 12.1 Å². The fourth-order valence-corrected chi connectivity index (χ4v) is 3.65. The normalized spacial score (nSPS) is 22.2. The highest BCUT2D eigenvalue weighted by Gasteiger charge is 2.52. The SMILES string of the molecule is O=C1CC(C(=O)NCCCOc2cccnc2)C2(CCCCC2)O1. The minimum absolute atomic E-state index is 0.0656. The summed E-state index contributed by atoms with van der Waals surface area (Å²) in [4.78, 5) is 28.2. The Labute approximate surface area is 141 Å². The van der Waals surface area contributed by atoms with E-state index in [0.29, 0.717) is 19.6 Å². The van der Waals surface area contributed by atoms with Crippen molar-refractivity contribution in [1.82, 2.24) is 10.3 Å². The molecule has 130 valence electrons. The fourth-order valence-electron chi connectivity index (χ4n) is 3.65. The number of pyridine rings is 1. The molecule has 6 heteroatoms. The lowest BCUT2D eigenvalue weighted by Crippen LogP contribution is -2.46. The number of amides is 1. The molecule has 1 N–H and O–H groups in total. The minimum Gasteiger partial charge on any atom is -0.492 e. The molecule has 1 amide bonds. The van der Waals surface area contributed by atoms with Crippen molar-refractivity contribution in [2.24, 2.45) is 5.92 Å². The Morgan fingerprint density at radius 2 is 2.21 bits per heavy atom. The van der Waals surface area contributed by atoms with Crippen molar-refractivity contribution >= 4 is 11.9 Å². The predicted octanol–water partition coefficient (Wildman–Crippen LogP) is 2.23. The first-order valence-electron chi connectivity index (χ1n) is 8.72. The van der Waals surface area contributed by atoms with Gasteiger partial charge in [-0.25, -0.2) is 0 Å². The Balaban J connectivity index is 1.43. The number of hydrogen-bond donors (Lipinski definition) is 1. The van der Waals surface area contributed by atoms with Crippen molar-refractivity contribution in [2.45, 2.75) is 50.5 Å². The molecule has 1 atom stereocenters. The van der Waals surface area contributed by atoms with Crippen LogP contribution in [-0.2, 0) is 14.3 Å². The number of esters is 1. The van der Waals surface area contributed by atoms with Crippen LogP contribution in [0.25, 0.3) is 0 Å². The number of aromatic nitrogens is 1. The summed E-state index contributed by atoms with van der Waals surface area (Å²) in [5.74, 6) is 0.0744. The van der Waals surface area contributed by atoms with Crippen molar-refractivity contribution < 1.29 is 19.1 Å². The predicted molar refractivity (Wildman–Crippen MR) is 87.4 cm³/mol. The number of nitrogens with one attached hydrogen (secondary N) is 1. The zero-order chi connectivity index (χ0) is 16.8. The number of nitrogens with zero attached hydrogens (tertiary/aromatic N) is 1. The molecule has 1 aliphatic carbocycles. The zero-order valence-electron chi connectivity index (χ0n) is 13.8. The van der Waals surface area contributed by atoms with Gasteiger partial charge in [-0.2, -0.15) is 0 Å². The summed E-state index contributed by atoms with van der Waals surface area (Å²) in [5, 5.41) is 2.94. The second-order valence-electron chi connectivity index (χ2n) is 6.54. The average molecular weight is 332 g/mol. The third kappa shape index (κ3) is 3.86. The number of carbonyl (C=O) groups excluding carboxylic acids is 2. The lowest BCUT2D eigenvalue weighted by atomic mass is 9.75. The highest BCUT2D eigenvalue weighted by molar-refractivity contribution is 5.87. The van der Waals surface area contributed by atoms with Gasteiger partial charge in [0.2, 0.25) is 5.91 Å². The van der Waals surface area contributed by atoms with E-state index in [1.165, 1.54) is 0 Å². The molecule has 0 aromatic carbocycles. The molecule has 3 rings (SSSR count). The number of carbonyl (C=O) groups is 2. The maximum Gasteiger partial charge on any atom is 0.307 e. The summed E-state index contributed by atoms with van der Waals surface area (Å²) in [6.45, 7) is 1.04. The van der Waals surface area contributed by atoms with Gasteiger partial charge in [0.25, 0.3) is 0 Å². The van der Waals surface area contributed by atoms with E-state index in [0.717, 1.165) is 37.9 Å². The van der Waals surface area contributed by atoms with Gasteiger partial charge >= 0.3 is 5.97 Å². The van der Waals surface area contributed by atoms with E-state index >= 15 is 0 Å². The highest BCUT2D eigenvalue weighted by Crippen LogP contribution is 2.44. The molecule has 0 radical (unpaired) electrons. The molecule has 2 fully saturated rings. The van der Waals surface area contributed by atoms with E-state index in [9.17, 15) is 9.59 Å². The van der Waals surface area contributed by atoms with Crippen LogP contribution in [0.2, 0.25) is 0 Å². The summed E-state index contributed by atoms with van der Waals surface area (Å²) in [7, 11) is 0. The van der Waals surface area contributed by atoms with Crippen LogP contribution in [0, 0.1) is 5.92 Å². The molecule has 1 saturated carbocycles. The standard InChI is InChI=1S/C18H24N2O4/c21-16-12-15(18(24-16)7-2-1-3-8-18)17(22)20-10-5-11-23-14-6-4-9-19-13-14/h4,6,9,13,15H,1-3,5,7-8,10-12H2,(H,20,22). The maximum absolute atomic E-state index is 12.5. The van der Waals surface area contributed by atoms with E-state index in [1.54, 1.807) is 12.4 Å². The number of ether oxygens (including phenoxy) is 2. The molecule has 0 bridgehead atoms. The first-order chi connectivity index (χ1) is 11.7. The van der Waals surface area contributed by atoms with Crippen molar-refractivity contribution in [3.8, 4) is 5.75 Å². The maximum atomic E-state index is 12.5. The smallest absolute Gasteiger partial charge is 0.307 e. The first kappa shape index (κ1) is 16.7. The molecule has 1 aromatic rings. The second kappa shape index (κ2) is 7.64. The van der Waals surface area contributed by atoms with Crippen molar-refractivity contribution in [3.05, 3.63) is 24.5 Å². The van der Waals surface area contributed by atoms with Crippen LogP contribution in [0.15, 0.2) is 24.5 Å². The van der Waals surface area contributed by atoms with Gasteiger partial charge in [0, 0.05) is 12.7 Å². The van der Waals surface area contributed by atoms with E-state index < -0.39 is 5.60 Å². The second-order valence-corrected chi connectivity index (χ2v) is 6.54. The highest BCUT2D eigenvalue weighted by atomic mass is 16.6. The van der Waals surface area contributed by atoms with Gasteiger partial charge < -0.3 is 14.8 Å². The summed E-state index contributed by atoms with van der Waals surface area (Å²) in [6, 6.07) is 3.66. The molecule has 1 aromatic heterocycles. The molecule has 2 heterocycles. The van der Waals surface area contributed by atoms with E-state index in [2.05, 4.69) is 10.3 Å². The average Bonchev–Trinajstić information content (AvgIpc) is 2.91. The van der Waals surface area contributed by atoms with Crippen molar-refractivity contribution in [2.75, 3.05) is 13.2 Å². The van der Waals surface area contributed by atoms with E-state index in [4.69, 9.17) is 9.47 Å². The molecule has 1 spiro atoms. The first-order valence-corrected chi connectivity index (χ1v) is 8.72. The van der Waals surface area contributed by atoms with Crippen LogP contribution in [0.1, 0.15) is 44.9 Å². The Hall–Kier alpha value is -2.11. The molecule has 2 aliphatic rings. The molecule has 24 heavy (non-hydrogen) atoms. The number of hydrogen-bond acceptors (Lipinski definition) is 5.